The predicted molar refractivity (Wildman–Crippen MR) is 128 cm³/mol. The molecule has 4 aromatic rings. The maximum atomic E-state index is 13.2. The molecule has 0 saturated carbocycles. The number of aryl methyl sites for hydroxylation is 1. The third kappa shape index (κ3) is 4.73. The highest BCUT2D eigenvalue weighted by Crippen LogP contribution is 2.24. The Morgan fingerprint density at radius 1 is 1.06 bits per heavy atom. The van der Waals surface area contributed by atoms with Gasteiger partial charge in [-0.25, -0.2) is 9.97 Å². The fraction of sp³-hybridized carbons (Fsp3) is 0.269. The van der Waals surface area contributed by atoms with Crippen LogP contribution in [-0.2, 0) is 18.4 Å². The molecule has 7 nitrogen and oxygen atoms in total. The van der Waals surface area contributed by atoms with Crippen LogP contribution in [0, 0.1) is 0 Å². The highest BCUT2D eigenvalue weighted by molar-refractivity contribution is 5.94. The zero-order valence-electron chi connectivity index (χ0n) is 18.6. The number of imidazole rings is 1. The number of piperidine rings is 1. The van der Waals surface area contributed by atoms with Gasteiger partial charge in [-0.2, -0.15) is 0 Å². The number of ether oxygens (including phenoxy) is 1. The number of likely N-dealkylation sites (tertiary alicyclic amines) is 1. The summed E-state index contributed by atoms with van der Waals surface area (Å²) in [6, 6.07) is 21.0. The molecule has 3 heterocycles. The number of nitrogens with zero attached hydrogens (tertiary/aromatic N) is 4. The molecule has 1 saturated heterocycles. The minimum atomic E-state index is -0.196. The van der Waals surface area contributed by atoms with E-state index in [0.29, 0.717) is 18.1 Å². The second-order valence-corrected chi connectivity index (χ2v) is 8.35. The fourth-order valence-corrected chi connectivity index (χ4v) is 4.35. The van der Waals surface area contributed by atoms with Crippen molar-refractivity contribution in [2.45, 2.75) is 31.8 Å². The van der Waals surface area contributed by atoms with Crippen LogP contribution < -0.4 is 10.1 Å². The number of aromatic nitrogens is 3. The Morgan fingerprint density at radius 2 is 1.88 bits per heavy atom. The molecular formula is C26H27N5O2. The van der Waals surface area contributed by atoms with Crippen molar-refractivity contribution in [3.05, 3.63) is 78.8 Å². The summed E-state index contributed by atoms with van der Waals surface area (Å²) in [6.45, 7) is 1.52. The number of para-hydroxylation sites is 3. The smallest absolute Gasteiger partial charge is 0.241 e. The van der Waals surface area contributed by atoms with Crippen molar-refractivity contribution in [2.75, 3.05) is 11.9 Å². The topological polar surface area (TPSA) is 72.3 Å². The number of hydrogen-bond donors (Lipinski definition) is 1. The Kier molecular flexibility index (Phi) is 6.04. The molecule has 2 aromatic carbocycles. The van der Waals surface area contributed by atoms with E-state index in [1.165, 1.54) is 0 Å². The lowest BCUT2D eigenvalue weighted by Crippen LogP contribution is -2.46. The first-order valence-corrected chi connectivity index (χ1v) is 11.3. The van der Waals surface area contributed by atoms with Gasteiger partial charge in [0.25, 0.3) is 0 Å². The zero-order chi connectivity index (χ0) is 22.6. The molecule has 33 heavy (non-hydrogen) atoms. The van der Waals surface area contributed by atoms with Crippen molar-refractivity contribution in [1.82, 2.24) is 19.4 Å². The van der Waals surface area contributed by atoms with Gasteiger partial charge in [0.1, 0.15) is 11.6 Å². The molecule has 1 N–H and O–H groups in total. The Bertz CT molecular complexity index is 1240. The van der Waals surface area contributed by atoms with Gasteiger partial charge in [0.2, 0.25) is 11.8 Å². The number of pyridine rings is 1. The molecule has 0 spiro atoms. The molecule has 1 atom stereocenters. The quantitative estimate of drug-likeness (QED) is 0.467. The molecule has 1 aliphatic rings. The van der Waals surface area contributed by atoms with Gasteiger partial charge in [-0.3, -0.25) is 9.69 Å². The molecule has 1 fully saturated rings. The predicted octanol–water partition coefficient (Wildman–Crippen LogP) is 4.75. The minimum absolute atomic E-state index is 0.00741. The summed E-state index contributed by atoms with van der Waals surface area (Å²) >= 11 is 0. The molecule has 2 aromatic heterocycles. The number of carbonyl (C=O) groups is 1. The molecule has 7 heteroatoms. The zero-order valence-corrected chi connectivity index (χ0v) is 18.6. The maximum Gasteiger partial charge on any atom is 0.241 e. The normalized spacial score (nSPS) is 16.6. The highest BCUT2D eigenvalue weighted by atomic mass is 16.5. The Morgan fingerprint density at radius 3 is 2.67 bits per heavy atom. The van der Waals surface area contributed by atoms with E-state index in [9.17, 15) is 4.79 Å². The summed E-state index contributed by atoms with van der Waals surface area (Å²) in [5.74, 6) is 2.17. The third-order valence-electron chi connectivity index (χ3n) is 6.11. The van der Waals surface area contributed by atoms with Crippen LogP contribution in [0.25, 0.3) is 11.0 Å². The van der Waals surface area contributed by atoms with Gasteiger partial charge < -0.3 is 14.6 Å². The molecular weight excluding hydrogens is 414 g/mol. The van der Waals surface area contributed by atoms with Gasteiger partial charge in [0, 0.05) is 13.1 Å². The number of fused-ring (bicyclic) bond motifs is 1. The van der Waals surface area contributed by atoms with Crippen molar-refractivity contribution in [3.8, 4) is 11.6 Å². The first-order chi connectivity index (χ1) is 16.2. The number of carbonyl (C=O) groups excluding carboxylic acids is 1. The summed E-state index contributed by atoms with van der Waals surface area (Å²) in [7, 11) is 2.04. The SMILES string of the molecule is Cn1c(CN2CCCC[C@H]2C(=O)Nc2ccc(Oc3ccccc3)nc2)nc2ccccc21. The second kappa shape index (κ2) is 9.42. The van der Waals surface area contributed by atoms with E-state index in [-0.39, 0.29) is 11.9 Å². The van der Waals surface area contributed by atoms with E-state index >= 15 is 0 Å². The first-order valence-electron chi connectivity index (χ1n) is 11.3. The molecule has 0 radical (unpaired) electrons. The number of hydrogen-bond acceptors (Lipinski definition) is 5. The molecule has 0 aliphatic carbocycles. The van der Waals surface area contributed by atoms with E-state index in [4.69, 9.17) is 9.72 Å². The Hall–Kier alpha value is -3.71. The van der Waals surface area contributed by atoms with Crippen molar-refractivity contribution >= 4 is 22.6 Å². The van der Waals surface area contributed by atoms with Gasteiger partial charge in [0.15, 0.2) is 0 Å². The van der Waals surface area contributed by atoms with E-state index in [1.807, 2.05) is 61.6 Å². The number of benzene rings is 2. The number of amides is 1. The van der Waals surface area contributed by atoms with Crippen LogP contribution in [0.5, 0.6) is 11.6 Å². The summed E-state index contributed by atoms with van der Waals surface area (Å²) in [4.78, 5) is 24.5. The summed E-state index contributed by atoms with van der Waals surface area (Å²) in [6.07, 6.45) is 4.59. The van der Waals surface area contributed by atoms with Crippen LogP contribution in [0.1, 0.15) is 25.1 Å². The number of nitrogens with one attached hydrogen (secondary N) is 1. The largest absolute Gasteiger partial charge is 0.439 e. The third-order valence-corrected chi connectivity index (χ3v) is 6.11. The lowest BCUT2D eigenvalue weighted by Gasteiger charge is -2.34. The lowest BCUT2D eigenvalue weighted by atomic mass is 10.0. The van der Waals surface area contributed by atoms with Crippen molar-refractivity contribution in [3.63, 3.8) is 0 Å². The van der Waals surface area contributed by atoms with E-state index in [2.05, 4.69) is 25.8 Å². The molecule has 0 unspecified atom stereocenters. The van der Waals surface area contributed by atoms with Gasteiger partial charge in [-0.05, 0) is 49.7 Å². The Labute approximate surface area is 193 Å². The second-order valence-electron chi connectivity index (χ2n) is 8.35. The molecule has 1 aliphatic heterocycles. The van der Waals surface area contributed by atoms with E-state index in [1.54, 1.807) is 12.3 Å². The molecule has 0 bridgehead atoms. The monoisotopic (exact) mass is 441 g/mol. The van der Waals surface area contributed by atoms with Crippen LogP contribution in [0.3, 0.4) is 0 Å². The summed E-state index contributed by atoms with van der Waals surface area (Å²) in [5, 5.41) is 3.03. The highest BCUT2D eigenvalue weighted by Gasteiger charge is 2.30. The number of anilines is 1. The van der Waals surface area contributed by atoms with Gasteiger partial charge in [0.05, 0.1) is 35.5 Å². The standard InChI is InChI=1S/C26H27N5O2/c1-30-22-12-6-5-11-21(22)29-24(30)18-31-16-8-7-13-23(31)26(32)28-19-14-15-25(27-17-19)33-20-9-3-2-4-10-20/h2-6,9-12,14-15,17,23H,7-8,13,16,18H2,1H3,(H,28,32)/t23-/m0/s1. The summed E-state index contributed by atoms with van der Waals surface area (Å²) in [5.41, 5.74) is 2.75. The maximum absolute atomic E-state index is 13.2. The van der Waals surface area contributed by atoms with Crippen molar-refractivity contribution < 1.29 is 9.53 Å². The van der Waals surface area contributed by atoms with Crippen molar-refractivity contribution in [2.24, 2.45) is 7.05 Å². The van der Waals surface area contributed by atoms with Crippen LogP contribution >= 0.6 is 0 Å². The first kappa shape index (κ1) is 21.2. The van der Waals surface area contributed by atoms with E-state index in [0.717, 1.165) is 48.4 Å². The van der Waals surface area contributed by atoms with Crippen LogP contribution in [-0.4, -0.2) is 37.9 Å². The average Bonchev–Trinajstić information content (AvgIpc) is 3.16. The van der Waals surface area contributed by atoms with Crippen LogP contribution in [0.4, 0.5) is 5.69 Å². The minimum Gasteiger partial charge on any atom is -0.439 e. The van der Waals surface area contributed by atoms with E-state index < -0.39 is 0 Å². The molecule has 1 amide bonds. The summed E-state index contributed by atoms with van der Waals surface area (Å²) < 4.78 is 7.85. The fourth-order valence-electron chi connectivity index (χ4n) is 4.35. The molecule has 168 valence electrons. The lowest BCUT2D eigenvalue weighted by molar-refractivity contribution is -0.122. The van der Waals surface area contributed by atoms with Gasteiger partial charge >= 0.3 is 0 Å². The van der Waals surface area contributed by atoms with Gasteiger partial charge in [-0.15, -0.1) is 0 Å². The van der Waals surface area contributed by atoms with Crippen LogP contribution in [0.15, 0.2) is 72.9 Å². The Balaban J connectivity index is 1.26. The van der Waals surface area contributed by atoms with Crippen molar-refractivity contribution in [1.29, 1.82) is 0 Å². The average molecular weight is 442 g/mol. The van der Waals surface area contributed by atoms with Gasteiger partial charge in [-0.1, -0.05) is 36.8 Å². The van der Waals surface area contributed by atoms with Crippen LogP contribution in [0.2, 0.25) is 0 Å². The molecule has 5 rings (SSSR count). The number of rotatable bonds is 6.